The molecule has 0 spiro atoms. The molecule has 0 bridgehead atoms. The summed E-state index contributed by atoms with van der Waals surface area (Å²) >= 11 is 5.77. The van der Waals surface area contributed by atoms with Gasteiger partial charge in [0, 0.05) is 12.6 Å². The standard InChI is InChI=1S/C13H13ClFNO3/c1-7-8(13(18)19)5-6-16(7)12(17)9-3-2-4-10(15)11(9)14/h2-4,7-8H,5-6H2,1H3,(H,18,19). The van der Waals surface area contributed by atoms with E-state index < -0.39 is 29.7 Å². The quantitative estimate of drug-likeness (QED) is 0.908. The fourth-order valence-corrected chi connectivity index (χ4v) is 2.59. The van der Waals surface area contributed by atoms with Gasteiger partial charge in [0.2, 0.25) is 0 Å². The molecule has 19 heavy (non-hydrogen) atoms. The number of amides is 1. The molecule has 2 unspecified atom stereocenters. The van der Waals surface area contributed by atoms with Crippen molar-refractivity contribution < 1.29 is 19.1 Å². The van der Waals surface area contributed by atoms with Crippen LogP contribution in [-0.4, -0.2) is 34.5 Å². The highest BCUT2D eigenvalue weighted by atomic mass is 35.5. The first-order valence-electron chi connectivity index (χ1n) is 5.91. The molecule has 1 aromatic rings. The van der Waals surface area contributed by atoms with Crippen LogP contribution in [0.1, 0.15) is 23.7 Å². The highest BCUT2D eigenvalue weighted by Crippen LogP contribution is 2.28. The average Bonchev–Trinajstić information content (AvgIpc) is 2.74. The van der Waals surface area contributed by atoms with Crippen LogP contribution in [0.3, 0.4) is 0 Å². The summed E-state index contributed by atoms with van der Waals surface area (Å²) in [5.41, 5.74) is 0.0690. The van der Waals surface area contributed by atoms with Gasteiger partial charge in [0.05, 0.1) is 16.5 Å². The second-order valence-electron chi connectivity index (χ2n) is 4.57. The Bertz CT molecular complexity index is 535. The predicted octanol–water partition coefficient (Wildman–Crippen LogP) is 2.41. The molecule has 1 saturated heterocycles. The van der Waals surface area contributed by atoms with E-state index >= 15 is 0 Å². The molecular weight excluding hydrogens is 273 g/mol. The minimum Gasteiger partial charge on any atom is -0.481 e. The molecule has 0 aliphatic carbocycles. The van der Waals surface area contributed by atoms with Gasteiger partial charge in [-0.2, -0.15) is 0 Å². The van der Waals surface area contributed by atoms with Gasteiger partial charge in [0.25, 0.3) is 5.91 Å². The number of carboxylic acid groups (broad SMARTS) is 1. The Morgan fingerprint density at radius 1 is 1.47 bits per heavy atom. The molecule has 2 atom stereocenters. The lowest BCUT2D eigenvalue weighted by Crippen LogP contribution is -2.37. The Morgan fingerprint density at radius 3 is 2.74 bits per heavy atom. The molecule has 6 heteroatoms. The van der Waals surface area contributed by atoms with Crippen molar-refractivity contribution in [3.8, 4) is 0 Å². The van der Waals surface area contributed by atoms with Crippen LogP contribution in [0.2, 0.25) is 5.02 Å². The van der Waals surface area contributed by atoms with Gasteiger partial charge in [0.1, 0.15) is 5.82 Å². The van der Waals surface area contributed by atoms with Gasteiger partial charge in [-0.3, -0.25) is 9.59 Å². The van der Waals surface area contributed by atoms with Crippen molar-refractivity contribution in [2.24, 2.45) is 5.92 Å². The molecule has 1 N–H and O–H groups in total. The van der Waals surface area contributed by atoms with Crippen LogP contribution in [-0.2, 0) is 4.79 Å². The molecule has 1 aliphatic rings. The molecule has 1 aliphatic heterocycles. The van der Waals surface area contributed by atoms with E-state index in [4.69, 9.17) is 16.7 Å². The topological polar surface area (TPSA) is 57.6 Å². The van der Waals surface area contributed by atoms with Gasteiger partial charge in [0.15, 0.2) is 0 Å². The third kappa shape index (κ3) is 2.42. The number of halogens is 2. The van der Waals surface area contributed by atoms with Gasteiger partial charge in [-0.15, -0.1) is 0 Å². The van der Waals surface area contributed by atoms with Crippen molar-refractivity contribution in [3.63, 3.8) is 0 Å². The second-order valence-corrected chi connectivity index (χ2v) is 4.95. The van der Waals surface area contributed by atoms with Crippen LogP contribution in [0.15, 0.2) is 18.2 Å². The van der Waals surface area contributed by atoms with E-state index in [9.17, 15) is 14.0 Å². The summed E-state index contributed by atoms with van der Waals surface area (Å²) in [5, 5.41) is 8.80. The van der Waals surface area contributed by atoms with Gasteiger partial charge in [-0.1, -0.05) is 17.7 Å². The monoisotopic (exact) mass is 285 g/mol. The SMILES string of the molecule is CC1C(C(=O)O)CCN1C(=O)c1cccc(F)c1Cl. The van der Waals surface area contributed by atoms with E-state index in [1.165, 1.54) is 23.1 Å². The number of nitrogens with zero attached hydrogens (tertiary/aromatic N) is 1. The first kappa shape index (κ1) is 13.8. The number of likely N-dealkylation sites (tertiary alicyclic amines) is 1. The van der Waals surface area contributed by atoms with Gasteiger partial charge < -0.3 is 10.0 Å². The van der Waals surface area contributed by atoms with E-state index in [0.717, 1.165) is 0 Å². The smallest absolute Gasteiger partial charge is 0.308 e. The van der Waals surface area contributed by atoms with E-state index in [1.54, 1.807) is 6.92 Å². The number of rotatable bonds is 2. The number of aliphatic carboxylic acids is 1. The fraction of sp³-hybridized carbons (Fsp3) is 0.385. The third-order valence-electron chi connectivity index (χ3n) is 3.52. The summed E-state index contributed by atoms with van der Waals surface area (Å²) in [7, 11) is 0. The van der Waals surface area contributed by atoms with Crippen LogP contribution in [0.25, 0.3) is 0 Å². The summed E-state index contributed by atoms with van der Waals surface area (Å²) < 4.78 is 13.3. The van der Waals surface area contributed by atoms with E-state index in [1.807, 2.05) is 0 Å². The number of carbonyl (C=O) groups is 2. The highest BCUT2D eigenvalue weighted by molar-refractivity contribution is 6.34. The van der Waals surface area contributed by atoms with Gasteiger partial charge in [-0.25, -0.2) is 4.39 Å². The van der Waals surface area contributed by atoms with E-state index in [0.29, 0.717) is 13.0 Å². The van der Waals surface area contributed by atoms with Crippen molar-refractivity contribution in [2.75, 3.05) is 6.54 Å². The Labute approximate surface area is 114 Å². The third-order valence-corrected chi connectivity index (χ3v) is 3.90. The van der Waals surface area contributed by atoms with E-state index in [-0.39, 0.29) is 10.6 Å². The molecule has 0 radical (unpaired) electrons. The molecule has 1 aromatic carbocycles. The fourth-order valence-electron chi connectivity index (χ4n) is 2.38. The molecule has 2 rings (SSSR count). The maximum atomic E-state index is 13.3. The van der Waals surface area contributed by atoms with E-state index in [2.05, 4.69) is 0 Å². The molecule has 1 fully saturated rings. The molecule has 0 aromatic heterocycles. The minimum atomic E-state index is -0.923. The maximum Gasteiger partial charge on any atom is 0.308 e. The van der Waals surface area contributed by atoms with Crippen LogP contribution in [0.4, 0.5) is 4.39 Å². The molecular formula is C13H13ClFNO3. The lowest BCUT2D eigenvalue weighted by Gasteiger charge is -2.23. The number of benzene rings is 1. The first-order chi connectivity index (χ1) is 8.93. The molecule has 4 nitrogen and oxygen atoms in total. The Balaban J connectivity index is 2.26. The average molecular weight is 286 g/mol. The molecule has 1 amide bonds. The zero-order valence-electron chi connectivity index (χ0n) is 10.3. The number of carbonyl (C=O) groups excluding carboxylic acids is 1. The zero-order valence-corrected chi connectivity index (χ0v) is 11.0. The van der Waals surface area contributed by atoms with Crippen molar-refractivity contribution in [1.82, 2.24) is 4.90 Å². The molecule has 0 saturated carbocycles. The van der Waals surface area contributed by atoms with Crippen LogP contribution < -0.4 is 0 Å². The first-order valence-corrected chi connectivity index (χ1v) is 6.29. The summed E-state index contributed by atoms with van der Waals surface area (Å²) in [6.45, 7) is 2.01. The van der Waals surface area contributed by atoms with Crippen LogP contribution in [0.5, 0.6) is 0 Å². The predicted molar refractivity (Wildman–Crippen MR) is 67.7 cm³/mol. The number of carboxylic acids is 1. The molecule has 1 heterocycles. The van der Waals surface area contributed by atoms with Crippen molar-refractivity contribution >= 4 is 23.5 Å². The van der Waals surface area contributed by atoms with Crippen molar-refractivity contribution in [3.05, 3.63) is 34.6 Å². The Hall–Kier alpha value is -1.62. The van der Waals surface area contributed by atoms with Crippen molar-refractivity contribution in [2.45, 2.75) is 19.4 Å². The molecule has 102 valence electrons. The lowest BCUT2D eigenvalue weighted by atomic mass is 10.0. The highest BCUT2D eigenvalue weighted by Gasteiger charge is 2.38. The van der Waals surface area contributed by atoms with Crippen LogP contribution >= 0.6 is 11.6 Å². The summed E-state index contributed by atoms with van der Waals surface area (Å²) in [6, 6.07) is 3.59. The lowest BCUT2D eigenvalue weighted by molar-refractivity contribution is -0.142. The minimum absolute atomic E-state index is 0.0690. The summed E-state index contributed by atoms with van der Waals surface area (Å²) in [4.78, 5) is 24.7. The summed E-state index contributed by atoms with van der Waals surface area (Å²) in [5.74, 6) is -2.60. The second kappa shape index (κ2) is 5.17. The normalized spacial score (nSPS) is 22.6. The van der Waals surface area contributed by atoms with Crippen molar-refractivity contribution in [1.29, 1.82) is 0 Å². The largest absolute Gasteiger partial charge is 0.481 e. The number of hydrogen-bond donors (Lipinski definition) is 1. The van der Waals surface area contributed by atoms with Gasteiger partial charge >= 0.3 is 5.97 Å². The Kier molecular flexibility index (Phi) is 3.75. The van der Waals surface area contributed by atoms with Gasteiger partial charge in [-0.05, 0) is 25.5 Å². The number of hydrogen-bond acceptors (Lipinski definition) is 2. The van der Waals surface area contributed by atoms with Crippen LogP contribution in [0, 0.1) is 11.7 Å². The Morgan fingerprint density at radius 2 is 2.16 bits per heavy atom. The summed E-state index contributed by atoms with van der Waals surface area (Å²) in [6.07, 6.45) is 0.398. The zero-order chi connectivity index (χ0) is 14.2. The maximum absolute atomic E-state index is 13.3.